The number of rotatable bonds is 8. The lowest BCUT2D eigenvalue weighted by Gasteiger charge is -2.23. The Morgan fingerprint density at radius 3 is 2.75 bits per heavy atom. The molecule has 0 heterocycles. The van der Waals surface area contributed by atoms with Gasteiger partial charge < -0.3 is 10.1 Å². The van der Waals surface area contributed by atoms with Gasteiger partial charge in [0.15, 0.2) is 5.78 Å². The topological polar surface area (TPSA) is 38.3 Å². The molecular weight excluding hydrogens is 298 g/mol. The fourth-order valence-corrected chi connectivity index (χ4v) is 4.06. The van der Waals surface area contributed by atoms with Crippen LogP contribution in [0.1, 0.15) is 67.3 Å². The molecule has 1 N–H and O–H groups in total. The van der Waals surface area contributed by atoms with Gasteiger partial charge >= 0.3 is 0 Å². The van der Waals surface area contributed by atoms with Crippen molar-refractivity contribution in [1.82, 2.24) is 5.32 Å². The molecule has 132 valence electrons. The van der Waals surface area contributed by atoms with Crippen LogP contribution in [0.2, 0.25) is 0 Å². The number of carbonyl (C=O) groups is 1. The lowest BCUT2D eigenvalue weighted by atomic mass is 9.87. The first-order valence-electron chi connectivity index (χ1n) is 9.79. The van der Waals surface area contributed by atoms with E-state index in [2.05, 4.69) is 11.4 Å². The average molecular weight is 329 g/mol. The number of fused-ring (bicyclic) bond motifs is 1. The van der Waals surface area contributed by atoms with E-state index in [1.165, 1.54) is 44.1 Å². The first-order chi connectivity index (χ1) is 11.8. The maximum Gasteiger partial charge on any atom is 0.191 e. The summed E-state index contributed by atoms with van der Waals surface area (Å²) in [6, 6.07) is 7.93. The molecule has 0 spiro atoms. The lowest BCUT2D eigenvalue weighted by molar-refractivity contribution is 0.0349. The molecule has 0 aliphatic heterocycles. The molecule has 1 atom stereocenters. The third kappa shape index (κ3) is 4.90. The van der Waals surface area contributed by atoms with Crippen LogP contribution in [0.5, 0.6) is 0 Å². The Labute approximate surface area is 146 Å². The van der Waals surface area contributed by atoms with E-state index in [-0.39, 0.29) is 11.9 Å². The SMILES string of the molecule is O=C1c2ccccc2CCC1OCCCNCCC1CCCCC1. The summed E-state index contributed by atoms with van der Waals surface area (Å²) in [4.78, 5) is 12.4. The van der Waals surface area contributed by atoms with Crippen LogP contribution in [-0.2, 0) is 11.2 Å². The van der Waals surface area contributed by atoms with E-state index in [4.69, 9.17) is 4.74 Å². The third-order valence-electron chi connectivity index (χ3n) is 5.52. The van der Waals surface area contributed by atoms with Crippen LogP contribution in [0.3, 0.4) is 0 Å². The maximum atomic E-state index is 12.4. The summed E-state index contributed by atoms with van der Waals surface area (Å²) < 4.78 is 5.86. The number of benzene rings is 1. The average Bonchev–Trinajstić information content (AvgIpc) is 2.64. The minimum Gasteiger partial charge on any atom is -0.370 e. The van der Waals surface area contributed by atoms with Crippen molar-refractivity contribution in [2.45, 2.75) is 63.9 Å². The molecule has 3 nitrogen and oxygen atoms in total. The zero-order valence-corrected chi connectivity index (χ0v) is 14.8. The number of aryl methyl sites for hydroxylation is 1. The van der Waals surface area contributed by atoms with Crippen molar-refractivity contribution >= 4 is 5.78 Å². The Hall–Kier alpha value is -1.19. The van der Waals surface area contributed by atoms with Crippen molar-refractivity contribution < 1.29 is 9.53 Å². The largest absolute Gasteiger partial charge is 0.370 e. The molecule has 1 aromatic carbocycles. The zero-order chi connectivity index (χ0) is 16.6. The molecule has 2 aliphatic rings. The van der Waals surface area contributed by atoms with Crippen LogP contribution in [-0.4, -0.2) is 31.6 Å². The quantitative estimate of drug-likeness (QED) is 0.728. The number of ketones is 1. The Kier molecular flexibility index (Phi) is 6.86. The second kappa shape index (κ2) is 9.33. The van der Waals surface area contributed by atoms with Crippen LogP contribution in [0, 0.1) is 5.92 Å². The molecule has 1 unspecified atom stereocenters. The minimum atomic E-state index is -0.234. The fourth-order valence-electron chi connectivity index (χ4n) is 4.06. The van der Waals surface area contributed by atoms with Crippen LogP contribution in [0.15, 0.2) is 24.3 Å². The monoisotopic (exact) mass is 329 g/mol. The van der Waals surface area contributed by atoms with Crippen molar-refractivity contribution in [2.75, 3.05) is 19.7 Å². The van der Waals surface area contributed by atoms with Crippen molar-refractivity contribution in [3.05, 3.63) is 35.4 Å². The summed E-state index contributed by atoms with van der Waals surface area (Å²) in [5, 5.41) is 3.53. The molecule has 0 aromatic heterocycles. The van der Waals surface area contributed by atoms with Crippen LogP contribution in [0.25, 0.3) is 0 Å². The summed E-state index contributed by atoms with van der Waals surface area (Å²) >= 11 is 0. The maximum absolute atomic E-state index is 12.4. The number of hydrogen-bond donors (Lipinski definition) is 1. The predicted octanol–water partition coefficient (Wildman–Crippen LogP) is 4.15. The number of ether oxygens (including phenoxy) is 1. The minimum absolute atomic E-state index is 0.169. The van der Waals surface area contributed by atoms with E-state index in [1.54, 1.807) is 0 Å². The molecule has 3 rings (SSSR count). The van der Waals surface area contributed by atoms with Gasteiger partial charge in [-0.05, 0) is 50.3 Å². The smallest absolute Gasteiger partial charge is 0.191 e. The van der Waals surface area contributed by atoms with E-state index in [9.17, 15) is 4.79 Å². The van der Waals surface area contributed by atoms with Crippen molar-refractivity contribution in [2.24, 2.45) is 5.92 Å². The number of Topliss-reactive ketones (excluding diaryl/α,β-unsaturated/α-hetero) is 1. The molecule has 1 fully saturated rings. The fraction of sp³-hybridized carbons (Fsp3) is 0.667. The second-order valence-corrected chi connectivity index (χ2v) is 7.32. The van der Waals surface area contributed by atoms with Gasteiger partial charge in [-0.2, -0.15) is 0 Å². The summed E-state index contributed by atoms with van der Waals surface area (Å²) in [7, 11) is 0. The number of hydrogen-bond acceptors (Lipinski definition) is 3. The van der Waals surface area contributed by atoms with Gasteiger partial charge in [0.25, 0.3) is 0 Å². The van der Waals surface area contributed by atoms with E-state index in [0.717, 1.165) is 43.8 Å². The van der Waals surface area contributed by atoms with Gasteiger partial charge in [-0.25, -0.2) is 0 Å². The lowest BCUT2D eigenvalue weighted by Crippen LogP contribution is -2.31. The zero-order valence-electron chi connectivity index (χ0n) is 14.8. The summed E-state index contributed by atoms with van der Waals surface area (Å²) in [5.74, 6) is 1.12. The Bertz CT molecular complexity index is 522. The van der Waals surface area contributed by atoms with Crippen molar-refractivity contribution in [3.8, 4) is 0 Å². The van der Waals surface area contributed by atoms with Gasteiger partial charge in [0.2, 0.25) is 0 Å². The van der Waals surface area contributed by atoms with Crippen LogP contribution in [0.4, 0.5) is 0 Å². The van der Waals surface area contributed by atoms with Gasteiger partial charge in [0.05, 0.1) is 0 Å². The van der Waals surface area contributed by atoms with E-state index in [1.807, 2.05) is 18.2 Å². The third-order valence-corrected chi connectivity index (χ3v) is 5.52. The van der Waals surface area contributed by atoms with Crippen LogP contribution < -0.4 is 5.32 Å². The molecule has 0 saturated heterocycles. The van der Waals surface area contributed by atoms with E-state index < -0.39 is 0 Å². The summed E-state index contributed by atoms with van der Waals surface area (Å²) in [6.07, 6.45) is 11.0. The number of nitrogens with one attached hydrogen (secondary N) is 1. The molecule has 1 saturated carbocycles. The molecule has 1 aromatic rings. The van der Waals surface area contributed by atoms with E-state index in [0.29, 0.717) is 6.61 Å². The first kappa shape index (κ1) is 17.6. The molecular formula is C21H31NO2. The Morgan fingerprint density at radius 1 is 1.04 bits per heavy atom. The Morgan fingerprint density at radius 2 is 1.88 bits per heavy atom. The molecule has 0 radical (unpaired) electrons. The molecule has 0 bridgehead atoms. The van der Waals surface area contributed by atoms with Gasteiger partial charge in [0, 0.05) is 12.2 Å². The highest BCUT2D eigenvalue weighted by Crippen LogP contribution is 2.25. The highest BCUT2D eigenvalue weighted by molar-refractivity contribution is 6.01. The van der Waals surface area contributed by atoms with Crippen molar-refractivity contribution in [3.63, 3.8) is 0 Å². The predicted molar refractivity (Wildman–Crippen MR) is 97.5 cm³/mol. The summed E-state index contributed by atoms with van der Waals surface area (Å²) in [5.41, 5.74) is 2.03. The Balaban J connectivity index is 1.27. The van der Waals surface area contributed by atoms with E-state index >= 15 is 0 Å². The highest BCUT2D eigenvalue weighted by atomic mass is 16.5. The first-order valence-corrected chi connectivity index (χ1v) is 9.79. The van der Waals surface area contributed by atoms with Gasteiger partial charge in [-0.15, -0.1) is 0 Å². The molecule has 2 aliphatic carbocycles. The normalized spacial score (nSPS) is 21.7. The molecule has 0 amide bonds. The second-order valence-electron chi connectivity index (χ2n) is 7.32. The standard InChI is InChI=1S/C21H31NO2/c23-21-19-10-5-4-9-18(19)11-12-20(21)24-16-6-14-22-15-13-17-7-2-1-3-8-17/h4-5,9-10,17,20,22H,1-3,6-8,11-16H2. The molecule has 24 heavy (non-hydrogen) atoms. The number of carbonyl (C=O) groups excluding carboxylic acids is 1. The summed E-state index contributed by atoms with van der Waals surface area (Å²) in [6.45, 7) is 2.79. The molecule has 3 heteroatoms. The van der Waals surface area contributed by atoms with Gasteiger partial charge in [0.1, 0.15) is 6.10 Å². The van der Waals surface area contributed by atoms with Gasteiger partial charge in [-0.1, -0.05) is 56.4 Å². The van der Waals surface area contributed by atoms with Gasteiger partial charge in [-0.3, -0.25) is 4.79 Å². The van der Waals surface area contributed by atoms with Crippen molar-refractivity contribution in [1.29, 1.82) is 0 Å². The van der Waals surface area contributed by atoms with Crippen LogP contribution >= 0.6 is 0 Å². The highest BCUT2D eigenvalue weighted by Gasteiger charge is 2.27.